The fourth-order valence-corrected chi connectivity index (χ4v) is 5.83. The standard InChI is InChI=1S/C19H22N4O2S2/c1-14-9-10-18(26-14)27(24,25)21-12-13-23-17-8-3-2-6-15(17)19(22-23)16-7-4-5-11-20-16/h4-5,7,9-11,21H,2-3,6,8,12-13H2,1H3. The van der Waals surface area contributed by atoms with Crippen LogP contribution in [0.5, 0.6) is 0 Å². The number of hydrogen-bond donors (Lipinski definition) is 1. The van der Waals surface area contributed by atoms with Crippen molar-refractivity contribution in [1.29, 1.82) is 0 Å². The van der Waals surface area contributed by atoms with Crippen molar-refractivity contribution in [3.8, 4) is 11.4 Å². The Balaban J connectivity index is 1.53. The topological polar surface area (TPSA) is 76.9 Å². The summed E-state index contributed by atoms with van der Waals surface area (Å²) in [6.45, 7) is 2.73. The summed E-state index contributed by atoms with van der Waals surface area (Å²) < 4.78 is 29.8. The van der Waals surface area contributed by atoms with Crippen molar-refractivity contribution in [2.75, 3.05) is 6.54 Å². The number of pyridine rings is 1. The first-order chi connectivity index (χ1) is 13.0. The minimum atomic E-state index is -3.46. The van der Waals surface area contributed by atoms with Gasteiger partial charge in [-0.25, -0.2) is 13.1 Å². The molecular weight excluding hydrogens is 380 g/mol. The molecule has 0 radical (unpaired) electrons. The minimum absolute atomic E-state index is 0.315. The Morgan fingerprint density at radius 1 is 1.19 bits per heavy atom. The van der Waals surface area contributed by atoms with Crippen LogP contribution in [0.3, 0.4) is 0 Å². The van der Waals surface area contributed by atoms with Crippen LogP contribution in [0.15, 0.2) is 40.7 Å². The van der Waals surface area contributed by atoms with Crippen molar-refractivity contribution in [3.63, 3.8) is 0 Å². The molecule has 0 amide bonds. The van der Waals surface area contributed by atoms with E-state index in [4.69, 9.17) is 5.10 Å². The lowest BCUT2D eigenvalue weighted by Gasteiger charge is -2.14. The van der Waals surface area contributed by atoms with E-state index in [1.807, 2.05) is 35.9 Å². The van der Waals surface area contributed by atoms with Gasteiger partial charge in [-0.15, -0.1) is 11.3 Å². The van der Waals surface area contributed by atoms with E-state index >= 15 is 0 Å². The lowest BCUT2D eigenvalue weighted by Crippen LogP contribution is -2.27. The van der Waals surface area contributed by atoms with E-state index in [-0.39, 0.29) is 0 Å². The van der Waals surface area contributed by atoms with E-state index in [1.54, 1.807) is 12.3 Å². The Labute approximate surface area is 163 Å². The lowest BCUT2D eigenvalue weighted by molar-refractivity contribution is 0.539. The summed E-state index contributed by atoms with van der Waals surface area (Å²) in [6.07, 6.45) is 6.05. The number of fused-ring (bicyclic) bond motifs is 1. The summed E-state index contributed by atoms with van der Waals surface area (Å²) in [6, 6.07) is 9.31. The molecule has 4 rings (SSSR count). The first-order valence-electron chi connectivity index (χ1n) is 9.11. The molecular formula is C19H22N4O2S2. The number of aryl methyl sites for hydroxylation is 1. The Morgan fingerprint density at radius 2 is 2.04 bits per heavy atom. The van der Waals surface area contributed by atoms with Gasteiger partial charge in [-0.1, -0.05) is 6.07 Å². The maximum Gasteiger partial charge on any atom is 0.250 e. The van der Waals surface area contributed by atoms with E-state index < -0.39 is 10.0 Å². The Morgan fingerprint density at radius 3 is 2.78 bits per heavy atom. The molecule has 8 heteroatoms. The molecule has 1 N–H and O–H groups in total. The van der Waals surface area contributed by atoms with Gasteiger partial charge < -0.3 is 0 Å². The molecule has 6 nitrogen and oxygen atoms in total. The van der Waals surface area contributed by atoms with Gasteiger partial charge in [0.1, 0.15) is 9.90 Å². The van der Waals surface area contributed by atoms with Gasteiger partial charge in [0.05, 0.1) is 12.2 Å². The quantitative estimate of drug-likeness (QED) is 0.687. The van der Waals surface area contributed by atoms with Crippen molar-refractivity contribution in [2.24, 2.45) is 0 Å². The zero-order valence-electron chi connectivity index (χ0n) is 15.2. The minimum Gasteiger partial charge on any atom is -0.267 e. The molecule has 1 aliphatic rings. The van der Waals surface area contributed by atoms with Crippen LogP contribution in [0.2, 0.25) is 0 Å². The molecule has 27 heavy (non-hydrogen) atoms. The predicted molar refractivity (Wildman–Crippen MR) is 106 cm³/mol. The number of nitrogens with one attached hydrogen (secondary N) is 1. The van der Waals surface area contributed by atoms with Crippen LogP contribution >= 0.6 is 11.3 Å². The second-order valence-corrected chi connectivity index (χ2v) is 9.96. The van der Waals surface area contributed by atoms with Gasteiger partial charge in [0.25, 0.3) is 0 Å². The summed E-state index contributed by atoms with van der Waals surface area (Å²) in [4.78, 5) is 5.43. The SMILES string of the molecule is Cc1ccc(S(=O)(=O)NCCn2nc(-c3ccccn3)c3c2CCCC3)s1. The van der Waals surface area contributed by atoms with Gasteiger partial charge in [-0.2, -0.15) is 5.10 Å². The zero-order chi connectivity index (χ0) is 18.9. The van der Waals surface area contributed by atoms with Gasteiger partial charge in [0.15, 0.2) is 0 Å². The highest BCUT2D eigenvalue weighted by Crippen LogP contribution is 2.30. The normalized spacial score (nSPS) is 14.3. The molecule has 142 valence electrons. The van der Waals surface area contributed by atoms with Gasteiger partial charge >= 0.3 is 0 Å². The lowest BCUT2D eigenvalue weighted by atomic mass is 9.95. The molecule has 0 spiro atoms. The Bertz CT molecular complexity index is 1040. The molecule has 3 aromatic rings. The molecule has 0 saturated carbocycles. The number of aromatic nitrogens is 3. The average Bonchev–Trinajstić information content (AvgIpc) is 3.27. The molecule has 0 bridgehead atoms. The first-order valence-corrected chi connectivity index (χ1v) is 11.4. The zero-order valence-corrected chi connectivity index (χ0v) is 16.8. The van der Waals surface area contributed by atoms with Crippen LogP contribution in [-0.2, 0) is 29.4 Å². The number of nitrogens with zero attached hydrogens (tertiary/aromatic N) is 3. The molecule has 1 aliphatic carbocycles. The van der Waals surface area contributed by atoms with E-state index in [2.05, 4.69) is 9.71 Å². The van der Waals surface area contributed by atoms with Crippen LogP contribution in [0.4, 0.5) is 0 Å². The third-order valence-electron chi connectivity index (χ3n) is 4.76. The van der Waals surface area contributed by atoms with Gasteiger partial charge in [0.2, 0.25) is 10.0 Å². The molecule has 0 aliphatic heterocycles. The first kappa shape index (κ1) is 18.3. The summed E-state index contributed by atoms with van der Waals surface area (Å²) in [7, 11) is -3.46. The number of rotatable bonds is 6. The smallest absolute Gasteiger partial charge is 0.250 e. The van der Waals surface area contributed by atoms with Crippen LogP contribution in [0.1, 0.15) is 29.0 Å². The second kappa shape index (κ2) is 7.53. The maximum atomic E-state index is 12.4. The third kappa shape index (κ3) is 3.83. The summed E-state index contributed by atoms with van der Waals surface area (Å²) >= 11 is 1.28. The highest BCUT2D eigenvalue weighted by Gasteiger charge is 2.22. The van der Waals surface area contributed by atoms with Crippen molar-refractivity contribution in [3.05, 3.63) is 52.7 Å². The summed E-state index contributed by atoms with van der Waals surface area (Å²) in [5, 5.41) is 4.78. The molecule has 0 saturated heterocycles. The van der Waals surface area contributed by atoms with Crippen LogP contribution in [0, 0.1) is 6.92 Å². The molecule has 0 atom stereocenters. The van der Waals surface area contributed by atoms with Crippen LogP contribution < -0.4 is 4.72 Å². The molecule has 3 aromatic heterocycles. The monoisotopic (exact) mass is 402 g/mol. The average molecular weight is 403 g/mol. The van der Waals surface area contributed by atoms with Crippen molar-refractivity contribution in [1.82, 2.24) is 19.5 Å². The predicted octanol–water partition coefficient (Wildman–Crippen LogP) is 3.17. The van der Waals surface area contributed by atoms with Crippen molar-refractivity contribution >= 4 is 21.4 Å². The van der Waals surface area contributed by atoms with E-state index in [1.165, 1.54) is 22.6 Å². The van der Waals surface area contributed by atoms with Gasteiger partial charge in [-0.05, 0) is 56.9 Å². The highest BCUT2D eigenvalue weighted by atomic mass is 32.2. The summed E-state index contributed by atoms with van der Waals surface area (Å²) in [5.74, 6) is 0. The Kier molecular flexibility index (Phi) is 5.12. The van der Waals surface area contributed by atoms with Gasteiger partial charge in [-0.3, -0.25) is 9.67 Å². The van der Waals surface area contributed by atoms with Crippen LogP contribution in [-0.4, -0.2) is 29.7 Å². The Hall–Kier alpha value is -2.03. The van der Waals surface area contributed by atoms with Crippen molar-refractivity contribution < 1.29 is 8.42 Å². The number of hydrogen-bond acceptors (Lipinski definition) is 5. The second-order valence-electron chi connectivity index (χ2n) is 6.68. The van der Waals surface area contributed by atoms with Crippen LogP contribution in [0.25, 0.3) is 11.4 Å². The number of thiophene rings is 1. The third-order valence-corrected chi connectivity index (χ3v) is 7.71. The number of sulfonamides is 1. The van der Waals surface area contributed by atoms with E-state index in [0.29, 0.717) is 17.3 Å². The molecule has 0 aromatic carbocycles. The molecule has 0 fully saturated rings. The fourth-order valence-electron chi connectivity index (χ4n) is 3.48. The highest BCUT2D eigenvalue weighted by molar-refractivity contribution is 7.91. The maximum absolute atomic E-state index is 12.4. The van der Waals surface area contributed by atoms with Gasteiger partial charge in [0, 0.05) is 28.9 Å². The molecule has 3 heterocycles. The van der Waals surface area contributed by atoms with E-state index in [0.717, 1.165) is 41.9 Å². The van der Waals surface area contributed by atoms with Crippen molar-refractivity contribution in [2.45, 2.75) is 43.4 Å². The summed E-state index contributed by atoms with van der Waals surface area (Å²) in [5.41, 5.74) is 4.29. The van der Waals surface area contributed by atoms with E-state index in [9.17, 15) is 8.42 Å². The largest absolute Gasteiger partial charge is 0.267 e. The molecule has 0 unspecified atom stereocenters. The fraction of sp³-hybridized carbons (Fsp3) is 0.368.